The van der Waals surface area contributed by atoms with E-state index in [1.54, 1.807) is 6.07 Å². The molecule has 0 bridgehead atoms. The first kappa shape index (κ1) is 11.7. The molecule has 0 aliphatic heterocycles. The Bertz CT molecular complexity index is 464. The SMILES string of the molecule is CCC(CC)c1nc2nc(Cl)c(Cl)cc2[nH]1. The minimum absolute atomic E-state index is 0.303. The van der Waals surface area contributed by atoms with E-state index in [1.165, 1.54) is 0 Å². The van der Waals surface area contributed by atoms with Crippen LogP contribution in [0.2, 0.25) is 10.2 Å². The molecule has 0 spiro atoms. The van der Waals surface area contributed by atoms with Crippen LogP contribution in [0.3, 0.4) is 0 Å². The summed E-state index contributed by atoms with van der Waals surface area (Å²) in [4.78, 5) is 11.8. The van der Waals surface area contributed by atoms with Crippen molar-refractivity contribution in [2.75, 3.05) is 0 Å². The summed E-state index contributed by atoms with van der Waals surface area (Å²) in [7, 11) is 0. The summed E-state index contributed by atoms with van der Waals surface area (Å²) in [5.41, 5.74) is 1.48. The minimum Gasteiger partial charge on any atom is -0.340 e. The lowest BCUT2D eigenvalue weighted by Gasteiger charge is -2.06. The van der Waals surface area contributed by atoms with Gasteiger partial charge in [0.1, 0.15) is 11.0 Å². The maximum absolute atomic E-state index is 5.90. The van der Waals surface area contributed by atoms with Crippen LogP contribution in [-0.2, 0) is 0 Å². The molecule has 0 saturated heterocycles. The maximum atomic E-state index is 5.90. The molecule has 86 valence electrons. The molecule has 0 saturated carbocycles. The zero-order valence-electron chi connectivity index (χ0n) is 9.22. The van der Waals surface area contributed by atoms with Gasteiger partial charge in [0.25, 0.3) is 0 Å². The smallest absolute Gasteiger partial charge is 0.179 e. The lowest BCUT2D eigenvalue weighted by molar-refractivity contribution is 0.611. The molecule has 0 fully saturated rings. The number of rotatable bonds is 3. The zero-order valence-corrected chi connectivity index (χ0v) is 10.7. The number of nitrogens with zero attached hydrogens (tertiary/aromatic N) is 2. The number of H-pyrrole nitrogens is 1. The van der Waals surface area contributed by atoms with E-state index in [9.17, 15) is 0 Å². The van der Waals surface area contributed by atoms with Crippen molar-refractivity contribution in [1.29, 1.82) is 0 Å². The monoisotopic (exact) mass is 257 g/mol. The van der Waals surface area contributed by atoms with Crippen LogP contribution in [0.5, 0.6) is 0 Å². The number of halogens is 2. The fourth-order valence-corrected chi connectivity index (χ4v) is 2.07. The van der Waals surface area contributed by atoms with E-state index in [0.29, 0.717) is 21.7 Å². The highest BCUT2D eigenvalue weighted by molar-refractivity contribution is 6.41. The van der Waals surface area contributed by atoms with Gasteiger partial charge < -0.3 is 4.98 Å². The molecular weight excluding hydrogens is 245 g/mol. The Balaban J connectivity index is 2.51. The molecule has 0 amide bonds. The molecule has 0 aliphatic carbocycles. The fraction of sp³-hybridized carbons (Fsp3) is 0.455. The normalized spacial score (nSPS) is 11.6. The summed E-state index contributed by atoms with van der Waals surface area (Å²) in [5, 5.41) is 0.755. The second-order valence-corrected chi connectivity index (χ2v) is 4.53. The summed E-state index contributed by atoms with van der Waals surface area (Å²) in [5.74, 6) is 1.40. The first-order chi connectivity index (χ1) is 7.65. The standard InChI is InChI=1S/C11H13Cl2N3/c1-3-6(4-2)10-14-8-5-7(12)9(13)15-11(8)16-10/h5-6H,3-4H2,1-2H3,(H,14,15,16). The van der Waals surface area contributed by atoms with Gasteiger partial charge in [0.05, 0.1) is 10.5 Å². The highest BCUT2D eigenvalue weighted by Crippen LogP contribution is 2.26. The Morgan fingerprint density at radius 1 is 1.25 bits per heavy atom. The van der Waals surface area contributed by atoms with E-state index >= 15 is 0 Å². The van der Waals surface area contributed by atoms with E-state index < -0.39 is 0 Å². The van der Waals surface area contributed by atoms with Crippen molar-refractivity contribution in [2.24, 2.45) is 0 Å². The lowest BCUT2D eigenvalue weighted by Crippen LogP contribution is -1.97. The number of imidazole rings is 1. The van der Waals surface area contributed by atoms with Crippen LogP contribution in [0.4, 0.5) is 0 Å². The molecule has 0 aromatic carbocycles. The van der Waals surface area contributed by atoms with Crippen molar-refractivity contribution >= 4 is 34.4 Å². The molecule has 0 aliphatic rings. The van der Waals surface area contributed by atoms with E-state index in [2.05, 4.69) is 28.8 Å². The van der Waals surface area contributed by atoms with Crippen LogP contribution in [-0.4, -0.2) is 15.0 Å². The van der Waals surface area contributed by atoms with Crippen LogP contribution in [0.15, 0.2) is 6.07 Å². The topological polar surface area (TPSA) is 41.6 Å². The van der Waals surface area contributed by atoms with Crippen molar-refractivity contribution in [3.05, 3.63) is 22.1 Å². The third-order valence-electron chi connectivity index (χ3n) is 2.77. The Morgan fingerprint density at radius 3 is 2.56 bits per heavy atom. The number of hydrogen-bond acceptors (Lipinski definition) is 2. The summed E-state index contributed by atoms with van der Waals surface area (Å²) in [6, 6.07) is 1.77. The molecule has 2 aromatic rings. The number of aromatic amines is 1. The molecule has 2 rings (SSSR count). The number of pyridine rings is 1. The van der Waals surface area contributed by atoms with Gasteiger partial charge >= 0.3 is 0 Å². The van der Waals surface area contributed by atoms with Gasteiger partial charge in [0.15, 0.2) is 5.65 Å². The Morgan fingerprint density at radius 2 is 1.94 bits per heavy atom. The lowest BCUT2D eigenvalue weighted by atomic mass is 10.0. The largest absolute Gasteiger partial charge is 0.340 e. The average Bonchev–Trinajstić information content (AvgIpc) is 2.63. The highest BCUT2D eigenvalue weighted by Gasteiger charge is 2.13. The van der Waals surface area contributed by atoms with Gasteiger partial charge in [-0.25, -0.2) is 9.97 Å². The molecule has 0 unspecified atom stereocenters. The van der Waals surface area contributed by atoms with E-state index in [-0.39, 0.29) is 0 Å². The van der Waals surface area contributed by atoms with Gasteiger partial charge in [0, 0.05) is 5.92 Å². The van der Waals surface area contributed by atoms with Gasteiger partial charge in [-0.05, 0) is 18.9 Å². The van der Waals surface area contributed by atoms with Crippen LogP contribution in [0.25, 0.3) is 11.2 Å². The van der Waals surface area contributed by atoms with E-state index in [0.717, 1.165) is 24.2 Å². The summed E-state index contributed by atoms with van der Waals surface area (Å²) >= 11 is 11.7. The minimum atomic E-state index is 0.303. The zero-order chi connectivity index (χ0) is 11.7. The van der Waals surface area contributed by atoms with Gasteiger partial charge in [-0.2, -0.15) is 0 Å². The fourth-order valence-electron chi connectivity index (χ4n) is 1.78. The Labute approximate surface area is 104 Å². The molecule has 0 radical (unpaired) electrons. The van der Waals surface area contributed by atoms with Gasteiger partial charge in [0.2, 0.25) is 0 Å². The second kappa shape index (κ2) is 4.60. The maximum Gasteiger partial charge on any atom is 0.179 e. The predicted octanol–water partition coefficient (Wildman–Crippen LogP) is 4.17. The quantitative estimate of drug-likeness (QED) is 0.839. The average molecular weight is 258 g/mol. The van der Waals surface area contributed by atoms with Crippen LogP contribution in [0.1, 0.15) is 38.4 Å². The highest BCUT2D eigenvalue weighted by atomic mass is 35.5. The molecule has 3 nitrogen and oxygen atoms in total. The van der Waals surface area contributed by atoms with Crippen molar-refractivity contribution in [3.8, 4) is 0 Å². The van der Waals surface area contributed by atoms with Crippen molar-refractivity contribution in [3.63, 3.8) is 0 Å². The Hall–Kier alpha value is -0.800. The predicted molar refractivity (Wildman–Crippen MR) is 67.2 cm³/mol. The number of fused-ring (bicyclic) bond motifs is 1. The summed E-state index contributed by atoms with van der Waals surface area (Å²) in [6.07, 6.45) is 2.11. The third kappa shape index (κ3) is 2.02. The summed E-state index contributed by atoms with van der Waals surface area (Å²) < 4.78 is 0. The van der Waals surface area contributed by atoms with Crippen molar-refractivity contribution in [1.82, 2.24) is 15.0 Å². The van der Waals surface area contributed by atoms with Gasteiger partial charge in [-0.1, -0.05) is 37.0 Å². The van der Waals surface area contributed by atoms with Crippen LogP contribution >= 0.6 is 23.2 Å². The Kier molecular flexibility index (Phi) is 3.36. The number of aromatic nitrogens is 3. The molecule has 2 heterocycles. The third-order valence-corrected chi connectivity index (χ3v) is 3.45. The molecule has 1 N–H and O–H groups in total. The van der Waals surface area contributed by atoms with Gasteiger partial charge in [-0.3, -0.25) is 0 Å². The molecule has 5 heteroatoms. The molecule has 0 atom stereocenters. The number of nitrogens with one attached hydrogen (secondary N) is 1. The van der Waals surface area contributed by atoms with Crippen molar-refractivity contribution in [2.45, 2.75) is 32.6 Å². The van der Waals surface area contributed by atoms with Crippen molar-refractivity contribution < 1.29 is 0 Å². The first-order valence-corrected chi connectivity index (χ1v) is 6.13. The first-order valence-electron chi connectivity index (χ1n) is 5.37. The van der Waals surface area contributed by atoms with E-state index in [4.69, 9.17) is 23.2 Å². The van der Waals surface area contributed by atoms with Crippen LogP contribution in [0, 0.1) is 0 Å². The molecular formula is C11H13Cl2N3. The molecule has 16 heavy (non-hydrogen) atoms. The second-order valence-electron chi connectivity index (χ2n) is 3.77. The molecule has 2 aromatic heterocycles. The van der Waals surface area contributed by atoms with E-state index in [1.807, 2.05) is 0 Å². The van der Waals surface area contributed by atoms with Crippen LogP contribution < -0.4 is 0 Å². The number of hydrogen-bond donors (Lipinski definition) is 1. The van der Waals surface area contributed by atoms with Gasteiger partial charge in [-0.15, -0.1) is 0 Å². The summed E-state index contributed by atoms with van der Waals surface area (Å²) in [6.45, 7) is 4.30.